The maximum absolute atomic E-state index is 13.1. The van der Waals surface area contributed by atoms with E-state index in [4.69, 9.17) is 4.84 Å². The Morgan fingerprint density at radius 1 is 1.11 bits per heavy atom. The lowest BCUT2D eigenvalue weighted by Crippen LogP contribution is -2.33. The Morgan fingerprint density at radius 3 is 2.33 bits per heavy atom. The van der Waals surface area contributed by atoms with Gasteiger partial charge in [-0.25, -0.2) is 4.90 Å². The summed E-state index contributed by atoms with van der Waals surface area (Å²) in [4.78, 5) is 43.8. The number of imide groups is 1. The second-order valence-electron chi connectivity index (χ2n) is 6.76. The van der Waals surface area contributed by atoms with Crippen molar-refractivity contribution in [2.45, 2.75) is 26.9 Å². The largest absolute Gasteiger partial charge is 0.381 e. The second-order valence-corrected chi connectivity index (χ2v) is 6.76. The highest BCUT2D eigenvalue weighted by atomic mass is 16.6. The Balaban J connectivity index is 1.71. The van der Waals surface area contributed by atoms with Gasteiger partial charge in [0.2, 0.25) is 12.0 Å². The Kier molecular flexibility index (Phi) is 3.73. The average molecular weight is 366 g/mol. The highest BCUT2D eigenvalue weighted by Gasteiger charge is 2.56. The highest BCUT2D eigenvalue weighted by molar-refractivity contribution is 6.32. The molecule has 8 nitrogen and oxygen atoms in total. The zero-order valence-corrected chi connectivity index (χ0v) is 15.4. The van der Waals surface area contributed by atoms with Crippen molar-refractivity contribution in [3.63, 3.8) is 0 Å². The van der Waals surface area contributed by atoms with E-state index < -0.39 is 17.9 Å². The molecule has 2 aromatic rings. The fourth-order valence-electron chi connectivity index (χ4n) is 3.63. The van der Waals surface area contributed by atoms with E-state index in [0.29, 0.717) is 17.0 Å². The first kappa shape index (κ1) is 17.1. The van der Waals surface area contributed by atoms with Crippen LogP contribution in [0, 0.1) is 19.8 Å². The summed E-state index contributed by atoms with van der Waals surface area (Å²) in [6, 6.07) is 6.37. The summed E-state index contributed by atoms with van der Waals surface area (Å²) < 4.78 is 1.71. The number of aromatic nitrogens is 2. The number of benzene rings is 1. The van der Waals surface area contributed by atoms with Crippen molar-refractivity contribution in [1.29, 1.82) is 0 Å². The first-order valence-electron chi connectivity index (χ1n) is 8.54. The number of anilines is 1. The third-order valence-electron chi connectivity index (χ3n) is 5.11. The number of rotatable bonds is 3. The minimum atomic E-state index is -0.973. The molecule has 138 valence electrons. The molecule has 0 radical (unpaired) electrons. The number of amides is 2. The van der Waals surface area contributed by atoms with Crippen LogP contribution in [0.5, 0.6) is 0 Å². The van der Waals surface area contributed by atoms with E-state index in [-0.39, 0.29) is 11.7 Å². The van der Waals surface area contributed by atoms with E-state index in [9.17, 15) is 14.4 Å². The molecule has 1 fully saturated rings. The zero-order valence-electron chi connectivity index (χ0n) is 15.4. The Morgan fingerprint density at radius 2 is 1.78 bits per heavy atom. The number of ketones is 1. The third-order valence-corrected chi connectivity index (χ3v) is 5.11. The standard InChI is InChI=1S/C19H18N4O4/c1-9-14(10(2)22(4)20-9)16-15-17(27-21-16)19(26)23(18(15)25)13-7-5-12(6-8-13)11(3)24/h5-8,15,17H,1-4H3/t15-,17+/m0/s1. The maximum atomic E-state index is 13.1. The topological polar surface area (TPSA) is 93.9 Å². The van der Waals surface area contributed by atoms with Crippen LogP contribution in [0.2, 0.25) is 0 Å². The van der Waals surface area contributed by atoms with Crippen LogP contribution in [-0.4, -0.2) is 39.2 Å². The van der Waals surface area contributed by atoms with Crippen LogP contribution in [0.25, 0.3) is 0 Å². The van der Waals surface area contributed by atoms with Gasteiger partial charge in [-0.2, -0.15) is 5.10 Å². The van der Waals surface area contributed by atoms with E-state index in [0.717, 1.165) is 21.9 Å². The van der Waals surface area contributed by atoms with Crippen LogP contribution < -0.4 is 4.90 Å². The number of hydrogen-bond donors (Lipinski definition) is 0. The molecule has 8 heteroatoms. The van der Waals surface area contributed by atoms with Crippen molar-refractivity contribution in [2.24, 2.45) is 18.1 Å². The lowest BCUT2D eigenvalue weighted by Gasteiger charge is -2.15. The van der Waals surface area contributed by atoms with E-state index in [2.05, 4.69) is 10.3 Å². The second kappa shape index (κ2) is 5.87. The summed E-state index contributed by atoms with van der Waals surface area (Å²) in [5.74, 6) is -1.73. The molecule has 1 saturated heterocycles. The molecule has 3 heterocycles. The van der Waals surface area contributed by atoms with Crippen molar-refractivity contribution in [1.82, 2.24) is 9.78 Å². The SMILES string of the molecule is CC(=O)c1ccc(N2C(=O)[C@H]3C(c4c(C)nn(C)c4C)=NO[C@H]3C2=O)cc1. The van der Waals surface area contributed by atoms with Gasteiger partial charge in [-0.3, -0.25) is 19.1 Å². The number of nitrogens with zero attached hydrogens (tertiary/aromatic N) is 4. The number of carbonyl (C=O) groups excluding carboxylic acids is 3. The Labute approximate surface area is 155 Å². The molecule has 0 N–H and O–H groups in total. The molecule has 2 aliphatic heterocycles. The molecule has 2 atom stereocenters. The van der Waals surface area contributed by atoms with E-state index >= 15 is 0 Å². The molecule has 2 amide bonds. The quantitative estimate of drug-likeness (QED) is 0.607. The first-order chi connectivity index (χ1) is 12.8. The van der Waals surface area contributed by atoms with Gasteiger partial charge in [-0.05, 0) is 45.0 Å². The third kappa shape index (κ3) is 2.40. The summed E-state index contributed by atoms with van der Waals surface area (Å²) in [7, 11) is 1.81. The average Bonchev–Trinajstić information content (AvgIpc) is 3.23. The predicted molar refractivity (Wildman–Crippen MR) is 96.5 cm³/mol. The first-order valence-corrected chi connectivity index (χ1v) is 8.54. The lowest BCUT2D eigenvalue weighted by atomic mass is 9.93. The maximum Gasteiger partial charge on any atom is 0.278 e. The Hall–Kier alpha value is -3.29. The monoisotopic (exact) mass is 366 g/mol. The van der Waals surface area contributed by atoms with Gasteiger partial charge in [0.05, 0.1) is 11.4 Å². The van der Waals surface area contributed by atoms with Crippen molar-refractivity contribution in [3.05, 3.63) is 46.8 Å². The number of hydrogen-bond acceptors (Lipinski definition) is 6. The van der Waals surface area contributed by atoms with Crippen LogP contribution in [0.4, 0.5) is 5.69 Å². The summed E-state index contributed by atoms with van der Waals surface area (Å²) in [6.07, 6.45) is -0.973. The molecule has 4 rings (SSSR count). The van der Waals surface area contributed by atoms with Crippen LogP contribution in [0.15, 0.2) is 29.4 Å². The summed E-state index contributed by atoms with van der Waals surface area (Å²) >= 11 is 0. The van der Waals surface area contributed by atoms with E-state index in [1.54, 1.807) is 28.9 Å². The van der Waals surface area contributed by atoms with Gasteiger partial charge < -0.3 is 4.84 Å². The fraction of sp³-hybridized carbons (Fsp3) is 0.316. The van der Waals surface area contributed by atoms with Gasteiger partial charge in [0, 0.05) is 23.9 Å². The molecule has 0 unspecified atom stereocenters. The normalized spacial score (nSPS) is 21.3. The molecule has 1 aromatic carbocycles. The van der Waals surface area contributed by atoms with E-state index in [1.165, 1.54) is 6.92 Å². The van der Waals surface area contributed by atoms with Gasteiger partial charge >= 0.3 is 0 Å². The molecule has 27 heavy (non-hydrogen) atoms. The van der Waals surface area contributed by atoms with Crippen LogP contribution in [0.3, 0.4) is 0 Å². The molecular weight excluding hydrogens is 348 g/mol. The van der Waals surface area contributed by atoms with E-state index in [1.807, 2.05) is 20.9 Å². The van der Waals surface area contributed by atoms with Gasteiger partial charge in [0.15, 0.2) is 5.78 Å². The van der Waals surface area contributed by atoms with Gasteiger partial charge in [0.1, 0.15) is 11.6 Å². The summed E-state index contributed by atoms with van der Waals surface area (Å²) in [6.45, 7) is 5.17. The van der Waals surface area contributed by atoms with Gasteiger partial charge in [0.25, 0.3) is 5.91 Å². The summed E-state index contributed by atoms with van der Waals surface area (Å²) in [5, 5.41) is 8.40. The Bertz CT molecular complexity index is 1020. The molecule has 0 spiro atoms. The number of aryl methyl sites for hydroxylation is 2. The van der Waals surface area contributed by atoms with Crippen LogP contribution in [0.1, 0.15) is 34.2 Å². The number of Topliss-reactive ketones (excluding diaryl/α,β-unsaturated/α-hetero) is 1. The molecule has 0 saturated carbocycles. The van der Waals surface area contributed by atoms with Crippen molar-refractivity contribution in [3.8, 4) is 0 Å². The van der Waals surface area contributed by atoms with Crippen LogP contribution >= 0.6 is 0 Å². The lowest BCUT2D eigenvalue weighted by molar-refractivity contribution is -0.126. The van der Waals surface area contributed by atoms with Crippen molar-refractivity contribution >= 4 is 29.0 Å². The highest BCUT2D eigenvalue weighted by Crippen LogP contribution is 2.36. The minimum absolute atomic E-state index is 0.0854. The molecule has 1 aromatic heterocycles. The fourth-order valence-corrected chi connectivity index (χ4v) is 3.63. The molecule has 0 aliphatic carbocycles. The number of fused-ring (bicyclic) bond motifs is 1. The number of oxime groups is 1. The molecular formula is C19H18N4O4. The van der Waals surface area contributed by atoms with Gasteiger partial charge in [-0.15, -0.1) is 0 Å². The molecule has 2 aliphatic rings. The smallest absolute Gasteiger partial charge is 0.278 e. The number of carbonyl (C=O) groups is 3. The zero-order chi connectivity index (χ0) is 19.5. The predicted octanol–water partition coefficient (Wildman–Crippen LogP) is 1.53. The molecule has 0 bridgehead atoms. The van der Waals surface area contributed by atoms with Crippen molar-refractivity contribution in [2.75, 3.05) is 4.90 Å². The summed E-state index contributed by atoms with van der Waals surface area (Å²) in [5.41, 5.74) is 3.66. The van der Waals surface area contributed by atoms with Crippen LogP contribution in [-0.2, 0) is 21.5 Å². The van der Waals surface area contributed by atoms with Gasteiger partial charge in [-0.1, -0.05) is 5.16 Å². The minimum Gasteiger partial charge on any atom is -0.381 e. The van der Waals surface area contributed by atoms with Crippen molar-refractivity contribution < 1.29 is 19.2 Å².